The van der Waals surface area contributed by atoms with Crippen molar-refractivity contribution in [2.24, 2.45) is 0 Å². The summed E-state index contributed by atoms with van der Waals surface area (Å²) in [4.78, 5) is 0. The molecule has 2 aliphatic rings. The van der Waals surface area contributed by atoms with Gasteiger partial charge in [-0.2, -0.15) is 0 Å². The highest BCUT2D eigenvalue weighted by atomic mass is 16.7. The largest absolute Gasteiger partial charge is 0.454 e. The third-order valence-corrected chi connectivity index (χ3v) is 4.16. The Hall–Kier alpha value is -1.48. The SMILES string of the molecule is CCCCC1=Cc2cc3c(cc2C1[N+](C)(C)C)OCO3. The van der Waals surface area contributed by atoms with E-state index in [0.29, 0.717) is 12.8 Å². The second-order valence-corrected chi connectivity index (χ2v) is 6.68. The van der Waals surface area contributed by atoms with Crippen molar-refractivity contribution in [2.75, 3.05) is 27.9 Å². The van der Waals surface area contributed by atoms with Crippen LogP contribution in [0.3, 0.4) is 0 Å². The summed E-state index contributed by atoms with van der Waals surface area (Å²) in [5.74, 6) is 1.78. The number of nitrogens with zero attached hydrogens (tertiary/aromatic N) is 1. The average molecular weight is 274 g/mol. The van der Waals surface area contributed by atoms with E-state index in [1.54, 1.807) is 0 Å². The van der Waals surface area contributed by atoms with Crippen molar-refractivity contribution in [1.82, 2.24) is 0 Å². The average Bonchev–Trinajstić information content (AvgIpc) is 2.94. The first-order valence-electron chi connectivity index (χ1n) is 7.46. The molecule has 0 saturated carbocycles. The third-order valence-electron chi connectivity index (χ3n) is 4.16. The summed E-state index contributed by atoms with van der Waals surface area (Å²) in [7, 11) is 6.80. The number of benzene rings is 1. The van der Waals surface area contributed by atoms with Crippen LogP contribution in [0.1, 0.15) is 43.4 Å². The van der Waals surface area contributed by atoms with Crippen molar-refractivity contribution >= 4 is 6.08 Å². The zero-order valence-electron chi connectivity index (χ0n) is 12.9. The van der Waals surface area contributed by atoms with Crippen molar-refractivity contribution in [3.8, 4) is 11.5 Å². The lowest BCUT2D eigenvalue weighted by molar-refractivity contribution is -0.896. The van der Waals surface area contributed by atoms with Crippen LogP contribution in [-0.4, -0.2) is 32.4 Å². The molecule has 1 unspecified atom stereocenters. The first-order chi connectivity index (χ1) is 9.50. The third kappa shape index (κ3) is 2.20. The molecule has 1 aliphatic carbocycles. The molecule has 20 heavy (non-hydrogen) atoms. The fourth-order valence-electron chi connectivity index (χ4n) is 3.32. The molecule has 1 atom stereocenters. The summed E-state index contributed by atoms with van der Waals surface area (Å²) in [5.41, 5.74) is 4.23. The van der Waals surface area contributed by atoms with Crippen LogP contribution in [0.25, 0.3) is 6.08 Å². The van der Waals surface area contributed by atoms with Gasteiger partial charge in [0, 0.05) is 5.56 Å². The predicted octanol–water partition coefficient (Wildman–Crippen LogP) is 3.75. The number of likely N-dealkylation sites (N-methyl/N-ethyl adjacent to an activating group) is 1. The molecule has 3 heteroatoms. The van der Waals surface area contributed by atoms with Gasteiger partial charge in [-0.1, -0.05) is 13.3 Å². The van der Waals surface area contributed by atoms with Crippen LogP contribution < -0.4 is 9.47 Å². The van der Waals surface area contributed by atoms with Gasteiger partial charge in [-0.05, 0) is 42.2 Å². The molecule has 3 rings (SSSR count). The molecule has 0 saturated heterocycles. The second kappa shape index (κ2) is 4.81. The molecule has 1 aromatic carbocycles. The van der Waals surface area contributed by atoms with Crippen molar-refractivity contribution in [3.63, 3.8) is 0 Å². The van der Waals surface area contributed by atoms with Crippen LogP contribution >= 0.6 is 0 Å². The predicted molar refractivity (Wildman–Crippen MR) is 80.8 cm³/mol. The van der Waals surface area contributed by atoms with Gasteiger partial charge < -0.3 is 14.0 Å². The number of rotatable bonds is 4. The van der Waals surface area contributed by atoms with E-state index in [2.05, 4.69) is 46.3 Å². The normalized spacial score (nSPS) is 20.0. The van der Waals surface area contributed by atoms with Crippen LogP contribution in [0.15, 0.2) is 17.7 Å². The van der Waals surface area contributed by atoms with Gasteiger partial charge in [0.1, 0.15) is 6.04 Å². The molecule has 0 amide bonds. The summed E-state index contributed by atoms with van der Waals surface area (Å²) in [6.07, 6.45) is 6.03. The van der Waals surface area contributed by atoms with Crippen molar-refractivity contribution in [2.45, 2.75) is 32.2 Å². The number of ether oxygens (including phenoxy) is 2. The van der Waals surface area contributed by atoms with Crippen molar-refractivity contribution in [1.29, 1.82) is 0 Å². The number of unbranched alkanes of at least 4 members (excludes halogenated alkanes) is 1. The molecule has 0 radical (unpaired) electrons. The number of fused-ring (bicyclic) bond motifs is 2. The molecule has 0 bridgehead atoms. The highest BCUT2D eigenvalue weighted by Crippen LogP contribution is 2.47. The monoisotopic (exact) mass is 274 g/mol. The van der Waals surface area contributed by atoms with Crippen LogP contribution in [-0.2, 0) is 0 Å². The maximum Gasteiger partial charge on any atom is 0.231 e. The Balaban J connectivity index is 2.02. The van der Waals surface area contributed by atoms with Gasteiger partial charge in [0.2, 0.25) is 6.79 Å². The number of quaternary nitrogens is 1. The van der Waals surface area contributed by atoms with E-state index < -0.39 is 0 Å². The quantitative estimate of drug-likeness (QED) is 0.779. The highest BCUT2D eigenvalue weighted by Gasteiger charge is 2.36. The number of hydrogen-bond acceptors (Lipinski definition) is 2. The van der Waals surface area contributed by atoms with Gasteiger partial charge in [-0.25, -0.2) is 0 Å². The minimum Gasteiger partial charge on any atom is -0.454 e. The molecular formula is C17H24NO2+. The fraction of sp³-hybridized carbons (Fsp3) is 0.529. The topological polar surface area (TPSA) is 18.5 Å². The molecule has 1 aromatic rings. The Bertz CT molecular complexity index is 555. The maximum atomic E-state index is 5.55. The summed E-state index contributed by atoms with van der Waals surface area (Å²) >= 11 is 0. The summed E-state index contributed by atoms with van der Waals surface area (Å²) in [5, 5.41) is 0. The van der Waals surface area contributed by atoms with Crippen LogP contribution in [0.2, 0.25) is 0 Å². The van der Waals surface area contributed by atoms with E-state index in [-0.39, 0.29) is 0 Å². The molecule has 0 N–H and O–H groups in total. The zero-order valence-corrected chi connectivity index (χ0v) is 12.9. The van der Waals surface area contributed by atoms with Crippen LogP contribution in [0.5, 0.6) is 11.5 Å². The van der Waals surface area contributed by atoms with E-state index in [9.17, 15) is 0 Å². The first kappa shape index (κ1) is 13.5. The summed E-state index contributed by atoms with van der Waals surface area (Å²) in [6, 6.07) is 4.76. The van der Waals surface area contributed by atoms with Crippen molar-refractivity contribution < 1.29 is 14.0 Å². The summed E-state index contributed by atoms with van der Waals surface area (Å²) < 4.78 is 12.0. The van der Waals surface area contributed by atoms with E-state index in [1.807, 2.05) is 0 Å². The Labute approximate surface area is 121 Å². The molecule has 0 fully saturated rings. The lowest BCUT2D eigenvalue weighted by Crippen LogP contribution is -2.39. The van der Waals surface area contributed by atoms with E-state index in [1.165, 1.54) is 36.0 Å². The van der Waals surface area contributed by atoms with Gasteiger partial charge in [-0.15, -0.1) is 0 Å². The van der Waals surface area contributed by atoms with E-state index in [4.69, 9.17) is 9.47 Å². The van der Waals surface area contributed by atoms with Gasteiger partial charge in [0.25, 0.3) is 0 Å². The molecule has 108 valence electrons. The molecule has 0 spiro atoms. The Kier molecular flexibility index (Phi) is 3.25. The fourth-order valence-corrected chi connectivity index (χ4v) is 3.32. The molecule has 1 aliphatic heterocycles. The van der Waals surface area contributed by atoms with Gasteiger partial charge in [0.05, 0.1) is 21.1 Å². The Morgan fingerprint density at radius 2 is 1.85 bits per heavy atom. The Morgan fingerprint density at radius 3 is 2.50 bits per heavy atom. The molecular weight excluding hydrogens is 250 g/mol. The van der Waals surface area contributed by atoms with Gasteiger partial charge in [0.15, 0.2) is 11.5 Å². The lowest BCUT2D eigenvalue weighted by atomic mass is 9.97. The molecule has 3 nitrogen and oxygen atoms in total. The van der Waals surface area contributed by atoms with E-state index >= 15 is 0 Å². The minimum atomic E-state index is 0.347. The maximum absolute atomic E-state index is 5.55. The molecule has 1 heterocycles. The molecule has 0 aromatic heterocycles. The lowest BCUT2D eigenvalue weighted by Gasteiger charge is -2.34. The first-order valence-corrected chi connectivity index (χ1v) is 7.46. The van der Waals surface area contributed by atoms with Gasteiger partial charge >= 0.3 is 0 Å². The summed E-state index contributed by atoms with van der Waals surface area (Å²) in [6.45, 7) is 2.60. The zero-order chi connectivity index (χ0) is 14.3. The number of hydrogen-bond donors (Lipinski definition) is 0. The minimum absolute atomic E-state index is 0.347. The van der Waals surface area contributed by atoms with Crippen LogP contribution in [0.4, 0.5) is 0 Å². The second-order valence-electron chi connectivity index (χ2n) is 6.68. The van der Waals surface area contributed by atoms with E-state index in [0.717, 1.165) is 16.0 Å². The van der Waals surface area contributed by atoms with Crippen molar-refractivity contribution in [3.05, 3.63) is 28.8 Å². The standard InChI is InChI=1S/C17H24NO2/c1-5-6-7-12-8-13-9-15-16(20-11-19-15)10-14(13)17(12)18(2,3)4/h8-10,17H,5-7,11H2,1-4H3/q+1. The van der Waals surface area contributed by atoms with Gasteiger partial charge in [-0.3, -0.25) is 0 Å². The highest BCUT2D eigenvalue weighted by molar-refractivity contribution is 5.69. The smallest absolute Gasteiger partial charge is 0.231 e. The van der Waals surface area contributed by atoms with Crippen LogP contribution in [0, 0.1) is 0 Å². The Morgan fingerprint density at radius 1 is 1.15 bits per heavy atom.